The average Bonchev–Trinajstić information content (AvgIpc) is 3.61. The summed E-state index contributed by atoms with van der Waals surface area (Å²) in [5.74, 6) is -0.603. The van der Waals surface area contributed by atoms with Gasteiger partial charge in [0, 0.05) is 48.0 Å². The molecule has 0 aliphatic carbocycles. The Morgan fingerprint density at radius 1 is 0.722 bits per heavy atom. The zero-order chi connectivity index (χ0) is 24.5. The number of halogens is 2. The normalized spacial score (nSPS) is 11.8. The average molecular weight is 481 g/mol. The molecule has 176 valence electrons. The smallest absolute Gasteiger partial charge is 0.176 e. The number of aromatic amines is 3. The Morgan fingerprint density at radius 2 is 1.42 bits per heavy atom. The second kappa shape index (κ2) is 8.87. The van der Waals surface area contributed by atoms with Crippen LogP contribution in [0, 0.1) is 11.6 Å². The third kappa shape index (κ3) is 3.78. The van der Waals surface area contributed by atoms with E-state index in [4.69, 9.17) is 0 Å². The molecule has 36 heavy (non-hydrogen) atoms. The van der Waals surface area contributed by atoms with Crippen molar-refractivity contribution in [1.29, 1.82) is 0 Å². The highest BCUT2D eigenvalue weighted by atomic mass is 19.1. The highest BCUT2D eigenvalue weighted by Crippen LogP contribution is 2.30. The Kier molecular flexibility index (Phi) is 5.26. The minimum Gasteiger partial charge on any atom is -0.366 e. The molecule has 0 fully saturated rings. The molecule has 6 aromatic heterocycles. The third-order valence-electron chi connectivity index (χ3n) is 5.57. The lowest BCUT2D eigenvalue weighted by molar-refractivity contribution is 0.633. The first-order chi connectivity index (χ1) is 17.7. The lowest BCUT2D eigenvalue weighted by atomic mass is 10.2. The van der Waals surface area contributed by atoms with E-state index in [9.17, 15) is 0 Å². The molecule has 0 radical (unpaired) electrons. The molecular weight excluding hydrogens is 464 g/mol. The minimum absolute atomic E-state index is 0.00165. The fraction of sp³-hybridized carbons (Fsp3) is 0. The van der Waals surface area contributed by atoms with Gasteiger partial charge in [0.15, 0.2) is 22.9 Å². The summed E-state index contributed by atoms with van der Waals surface area (Å²) >= 11 is 0. The molecule has 9 nitrogen and oxygen atoms in total. The van der Waals surface area contributed by atoms with Crippen molar-refractivity contribution in [2.45, 2.75) is 0 Å². The van der Waals surface area contributed by atoms with Crippen molar-refractivity contribution in [1.82, 2.24) is 34.9 Å². The summed E-state index contributed by atoms with van der Waals surface area (Å²) in [4.78, 5) is 30.1. The van der Waals surface area contributed by atoms with Crippen LogP contribution in [0.15, 0.2) is 84.9 Å². The van der Waals surface area contributed by atoms with E-state index in [1.54, 1.807) is 61.2 Å². The molecule has 6 rings (SSSR count). The molecule has 0 aromatic carbocycles. The number of nitrogens with zero attached hydrogens (tertiary/aromatic N) is 5. The van der Waals surface area contributed by atoms with E-state index in [0.29, 0.717) is 39.1 Å². The van der Waals surface area contributed by atoms with Crippen LogP contribution in [0.25, 0.3) is 33.3 Å². The Labute approximate surface area is 202 Å². The number of anilines is 2. The maximum Gasteiger partial charge on any atom is 0.176 e. The fourth-order valence-corrected chi connectivity index (χ4v) is 3.83. The van der Waals surface area contributed by atoms with Crippen molar-refractivity contribution in [3.05, 3.63) is 97.0 Å². The maximum absolute atomic E-state index is 15.1. The van der Waals surface area contributed by atoms with Crippen LogP contribution >= 0.6 is 0 Å². The van der Waals surface area contributed by atoms with Gasteiger partial charge in [-0.05, 0) is 24.3 Å². The van der Waals surface area contributed by atoms with Crippen molar-refractivity contribution in [2.24, 2.45) is 4.99 Å². The molecule has 6 aromatic rings. The molecule has 6 heterocycles. The van der Waals surface area contributed by atoms with Crippen LogP contribution in [0.3, 0.4) is 0 Å². The second-order valence-corrected chi connectivity index (χ2v) is 7.75. The van der Waals surface area contributed by atoms with Gasteiger partial charge in [-0.15, -0.1) is 0 Å². The van der Waals surface area contributed by atoms with Crippen molar-refractivity contribution in [3.8, 4) is 22.5 Å². The first kappa shape index (κ1) is 21.4. The molecule has 0 aliphatic rings. The van der Waals surface area contributed by atoms with Gasteiger partial charge in [0.2, 0.25) is 0 Å². The first-order valence-electron chi connectivity index (χ1n) is 10.9. The third-order valence-corrected chi connectivity index (χ3v) is 5.57. The zero-order valence-corrected chi connectivity index (χ0v) is 18.5. The molecule has 0 spiro atoms. The fourth-order valence-electron chi connectivity index (χ4n) is 3.83. The lowest BCUT2D eigenvalue weighted by Crippen LogP contribution is -2.04. The van der Waals surface area contributed by atoms with E-state index in [0.717, 1.165) is 0 Å². The highest BCUT2D eigenvalue weighted by molar-refractivity contribution is 5.91. The van der Waals surface area contributed by atoms with E-state index >= 15 is 8.78 Å². The number of fused-ring (bicyclic) bond motifs is 1. The number of pyridine rings is 2. The molecule has 0 bridgehead atoms. The van der Waals surface area contributed by atoms with Crippen LogP contribution in [0.1, 0.15) is 0 Å². The number of hydrogen-bond acceptors (Lipinski definition) is 6. The van der Waals surface area contributed by atoms with Crippen molar-refractivity contribution >= 4 is 28.2 Å². The SMILES string of the molecule is Fc1c(-c2ccccn2)c[nH]c1/N=c1\ncnc(Nc2[nH]cc(-c3ccccn3)c2F)c2c[nH]cc12. The van der Waals surface area contributed by atoms with E-state index in [1.165, 1.54) is 18.7 Å². The first-order valence-corrected chi connectivity index (χ1v) is 10.9. The summed E-state index contributed by atoms with van der Waals surface area (Å²) in [5, 5.41) is 4.11. The number of aromatic nitrogens is 7. The summed E-state index contributed by atoms with van der Waals surface area (Å²) in [7, 11) is 0. The molecule has 0 atom stereocenters. The van der Waals surface area contributed by atoms with Gasteiger partial charge in [-0.1, -0.05) is 12.1 Å². The topological polar surface area (TPSA) is 123 Å². The Hall–Kier alpha value is -5.19. The zero-order valence-electron chi connectivity index (χ0n) is 18.5. The summed E-state index contributed by atoms with van der Waals surface area (Å²) in [5.41, 5.74) is 1.83. The van der Waals surface area contributed by atoms with Crippen LogP contribution in [0.4, 0.5) is 26.2 Å². The van der Waals surface area contributed by atoms with Crippen molar-refractivity contribution in [2.75, 3.05) is 5.32 Å². The molecule has 11 heteroatoms. The monoisotopic (exact) mass is 481 g/mol. The van der Waals surface area contributed by atoms with Gasteiger partial charge in [0.25, 0.3) is 0 Å². The molecule has 4 N–H and O–H groups in total. The van der Waals surface area contributed by atoms with Gasteiger partial charge in [0.1, 0.15) is 18.0 Å². The van der Waals surface area contributed by atoms with E-state index in [2.05, 4.69) is 45.2 Å². The van der Waals surface area contributed by atoms with Crippen molar-refractivity contribution in [3.63, 3.8) is 0 Å². The minimum atomic E-state index is -0.549. The Balaban J connectivity index is 1.40. The predicted octanol–water partition coefficient (Wildman–Crippen LogP) is 4.99. The number of rotatable bonds is 5. The quantitative estimate of drug-likeness (QED) is 0.276. The summed E-state index contributed by atoms with van der Waals surface area (Å²) in [6, 6.07) is 10.5. The van der Waals surface area contributed by atoms with Gasteiger partial charge in [-0.3, -0.25) is 9.97 Å². The van der Waals surface area contributed by atoms with Crippen LogP contribution in [0.5, 0.6) is 0 Å². The highest BCUT2D eigenvalue weighted by Gasteiger charge is 2.16. The Bertz CT molecular complexity index is 1740. The van der Waals surface area contributed by atoms with E-state index in [1.807, 2.05) is 0 Å². The standard InChI is InChI=1S/C25H17F2N9/c26-20-16(18-5-1-3-7-29-18)11-31-24(20)35-22-14-9-28-10-15(14)23(34-13-33-22)36-25-21(27)17(12-32-25)19-6-2-4-8-30-19/h1-13,28,31-32H,(H,33,34,35,36). The summed E-state index contributed by atoms with van der Waals surface area (Å²) < 4.78 is 30.2. The molecular formula is C25H17F2N9. The molecule has 0 saturated carbocycles. The number of H-pyrrole nitrogens is 3. The number of nitrogens with one attached hydrogen (secondary N) is 4. The van der Waals surface area contributed by atoms with Crippen LogP contribution in [-0.4, -0.2) is 34.9 Å². The summed E-state index contributed by atoms with van der Waals surface area (Å²) in [6.45, 7) is 0. The van der Waals surface area contributed by atoms with Crippen LogP contribution in [0.2, 0.25) is 0 Å². The van der Waals surface area contributed by atoms with Gasteiger partial charge < -0.3 is 20.3 Å². The largest absolute Gasteiger partial charge is 0.366 e. The van der Waals surface area contributed by atoms with Gasteiger partial charge >= 0.3 is 0 Å². The Morgan fingerprint density at radius 3 is 2.14 bits per heavy atom. The molecule has 0 aliphatic heterocycles. The predicted molar refractivity (Wildman–Crippen MR) is 130 cm³/mol. The molecule has 0 amide bonds. The number of hydrogen-bond donors (Lipinski definition) is 4. The molecule has 0 saturated heterocycles. The van der Waals surface area contributed by atoms with Crippen LogP contribution in [-0.2, 0) is 0 Å². The van der Waals surface area contributed by atoms with Gasteiger partial charge in [0.05, 0.1) is 22.5 Å². The second-order valence-electron chi connectivity index (χ2n) is 7.75. The van der Waals surface area contributed by atoms with Crippen molar-refractivity contribution < 1.29 is 8.78 Å². The lowest BCUT2D eigenvalue weighted by Gasteiger charge is -2.02. The van der Waals surface area contributed by atoms with Gasteiger partial charge in [-0.25, -0.2) is 23.7 Å². The maximum atomic E-state index is 15.1. The van der Waals surface area contributed by atoms with E-state index < -0.39 is 11.6 Å². The molecule has 0 unspecified atom stereocenters. The summed E-state index contributed by atoms with van der Waals surface area (Å²) in [6.07, 6.45) is 10.8. The van der Waals surface area contributed by atoms with Gasteiger partial charge in [-0.2, -0.15) is 0 Å². The van der Waals surface area contributed by atoms with E-state index in [-0.39, 0.29) is 17.1 Å². The van der Waals surface area contributed by atoms with Crippen LogP contribution < -0.4 is 10.8 Å².